The Hall–Kier alpha value is -2.87. The van der Waals surface area contributed by atoms with Crippen molar-refractivity contribution in [3.63, 3.8) is 0 Å². The largest absolute Gasteiger partial charge is 0.488 e. The van der Waals surface area contributed by atoms with E-state index in [0.717, 1.165) is 41.2 Å². The first-order valence-electron chi connectivity index (χ1n) is 10.7. The van der Waals surface area contributed by atoms with Gasteiger partial charge in [0, 0.05) is 34.0 Å². The van der Waals surface area contributed by atoms with Crippen LogP contribution in [0.1, 0.15) is 30.5 Å². The van der Waals surface area contributed by atoms with Crippen LogP contribution in [0.2, 0.25) is 0 Å². The monoisotopic (exact) mass is 541 g/mol. The topological polar surface area (TPSA) is 53.9 Å². The Bertz CT molecular complexity index is 1030. The van der Waals surface area contributed by atoms with Crippen LogP contribution in [0.25, 0.3) is 0 Å². The van der Waals surface area contributed by atoms with Crippen LogP contribution in [-0.2, 0) is 17.8 Å². The average Bonchev–Trinajstić information content (AvgIpc) is 2.81. The van der Waals surface area contributed by atoms with Crippen molar-refractivity contribution in [1.29, 1.82) is 0 Å². The number of nitrogens with one attached hydrogen (secondary N) is 1. The number of ether oxygens (including phenoxy) is 1. The Morgan fingerprint density at radius 3 is 2.41 bits per heavy atom. The molecule has 0 heterocycles. The number of benzene rings is 3. The number of hydrogen-bond donors (Lipinski definition) is 1. The van der Waals surface area contributed by atoms with Crippen molar-refractivity contribution in [3.8, 4) is 5.75 Å². The highest BCUT2D eigenvalue weighted by molar-refractivity contribution is 14.1. The molecule has 0 spiro atoms. The van der Waals surface area contributed by atoms with Gasteiger partial charge in [-0.25, -0.2) is 5.43 Å². The fourth-order valence-corrected chi connectivity index (χ4v) is 3.64. The maximum Gasteiger partial charge on any atom is 0.244 e. The molecule has 0 fully saturated rings. The highest BCUT2D eigenvalue weighted by atomic mass is 127. The fraction of sp³-hybridized carbons (Fsp3) is 0.231. The summed E-state index contributed by atoms with van der Waals surface area (Å²) in [5, 5.41) is 4.16. The van der Waals surface area contributed by atoms with E-state index in [9.17, 15) is 4.79 Å². The van der Waals surface area contributed by atoms with Gasteiger partial charge in [-0.3, -0.25) is 4.79 Å². The van der Waals surface area contributed by atoms with Gasteiger partial charge in [-0.1, -0.05) is 42.5 Å². The molecule has 1 N–H and O–H groups in total. The number of hydrogen-bond acceptors (Lipinski definition) is 4. The van der Waals surface area contributed by atoms with Crippen molar-refractivity contribution in [2.75, 3.05) is 18.0 Å². The van der Waals surface area contributed by atoms with Crippen LogP contribution in [0.3, 0.4) is 0 Å². The molecule has 0 aliphatic rings. The summed E-state index contributed by atoms with van der Waals surface area (Å²) in [6, 6.07) is 23.9. The first-order chi connectivity index (χ1) is 15.6. The number of carbonyl (C=O) groups excluding carboxylic acids is 1. The van der Waals surface area contributed by atoms with Gasteiger partial charge >= 0.3 is 0 Å². The minimum Gasteiger partial charge on any atom is -0.488 e. The Kier molecular flexibility index (Phi) is 9.10. The van der Waals surface area contributed by atoms with E-state index < -0.39 is 0 Å². The highest BCUT2D eigenvalue weighted by Crippen LogP contribution is 2.26. The summed E-state index contributed by atoms with van der Waals surface area (Å²) >= 11 is 2.29. The number of hydrazone groups is 1. The Morgan fingerprint density at radius 2 is 1.72 bits per heavy atom. The summed E-state index contributed by atoms with van der Waals surface area (Å²) in [5.41, 5.74) is 6.56. The van der Waals surface area contributed by atoms with Gasteiger partial charge in [0.25, 0.3) is 0 Å². The Morgan fingerprint density at radius 1 is 1.00 bits per heavy atom. The van der Waals surface area contributed by atoms with E-state index >= 15 is 0 Å². The van der Waals surface area contributed by atoms with E-state index in [1.165, 1.54) is 3.57 Å². The maximum atomic E-state index is 12.2. The molecule has 0 saturated heterocycles. The summed E-state index contributed by atoms with van der Waals surface area (Å²) in [4.78, 5) is 14.4. The molecule has 0 unspecified atom stereocenters. The van der Waals surface area contributed by atoms with E-state index in [4.69, 9.17) is 4.74 Å². The number of anilines is 1. The second-order valence-electron chi connectivity index (χ2n) is 7.27. The zero-order chi connectivity index (χ0) is 22.8. The highest BCUT2D eigenvalue weighted by Gasteiger charge is 2.09. The quantitative estimate of drug-likeness (QED) is 0.212. The van der Waals surface area contributed by atoms with Gasteiger partial charge < -0.3 is 9.64 Å². The third kappa shape index (κ3) is 7.09. The molecule has 6 heteroatoms. The minimum absolute atomic E-state index is 0.159. The third-order valence-corrected chi connectivity index (χ3v) is 5.75. The van der Waals surface area contributed by atoms with Crippen LogP contribution in [0, 0.1) is 3.57 Å². The number of amides is 1. The lowest BCUT2D eigenvalue weighted by atomic mass is 10.1. The molecule has 3 rings (SSSR count). The van der Waals surface area contributed by atoms with Gasteiger partial charge in [0.2, 0.25) is 5.91 Å². The van der Waals surface area contributed by atoms with Crippen LogP contribution in [0.4, 0.5) is 5.69 Å². The molecule has 0 radical (unpaired) electrons. The zero-order valence-corrected chi connectivity index (χ0v) is 20.6. The first-order valence-corrected chi connectivity index (χ1v) is 11.8. The number of nitrogens with zero attached hydrogens (tertiary/aromatic N) is 2. The molecule has 3 aromatic carbocycles. The van der Waals surface area contributed by atoms with Crippen molar-refractivity contribution < 1.29 is 9.53 Å². The molecule has 0 saturated carbocycles. The molecule has 32 heavy (non-hydrogen) atoms. The first kappa shape index (κ1) is 23.8. The van der Waals surface area contributed by atoms with Gasteiger partial charge in [-0.15, -0.1) is 0 Å². The SMILES string of the molecule is CCN(CC)c1ccc(/C=N\NC(=O)Cc2ccccc2)c(OCc2ccc(I)cc2)c1. The average molecular weight is 541 g/mol. The van der Waals surface area contributed by atoms with Crippen LogP contribution in [0.5, 0.6) is 5.75 Å². The lowest BCUT2D eigenvalue weighted by molar-refractivity contribution is -0.120. The Labute approximate surface area is 203 Å². The fourth-order valence-electron chi connectivity index (χ4n) is 3.28. The van der Waals surface area contributed by atoms with Gasteiger partial charge in [0.15, 0.2) is 0 Å². The predicted octanol–water partition coefficient (Wildman–Crippen LogP) is 5.41. The second-order valence-corrected chi connectivity index (χ2v) is 8.51. The number of carbonyl (C=O) groups is 1. The molecule has 0 aliphatic heterocycles. The van der Waals surface area contributed by atoms with E-state index in [1.54, 1.807) is 6.21 Å². The van der Waals surface area contributed by atoms with Crippen LogP contribution >= 0.6 is 22.6 Å². The minimum atomic E-state index is -0.159. The standard InChI is InChI=1S/C26H28IN3O2/c1-3-30(4-2)24-15-12-22(18-28-29-26(31)16-20-8-6-5-7-9-20)25(17-24)32-19-21-10-13-23(27)14-11-21/h5-15,17-18H,3-4,16,19H2,1-2H3,(H,29,31)/b28-18-. The molecule has 0 aliphatic carbocycles. The molecule has 5 nitrogen and oxygen atoms in total. The number of rotatable bonds is 10. The summed E-state index contributed by atoms with van der Waals surface area (Å²) < 4.78 is 7.35. The third-order valence-electron chi connectivity index (χ3n) is 5.03. The second kappa shape index (κ2) is 12.2. The van der Waals surface area contributed by atoms with Crippen molar-refractivity contribution in [1.82, 2.24) is 5.43 Å². The van der Waals surface area contributed by atoms with E-state index in [-0.39, 0.29) is 12.3 Å². The van der Waals surface area contributed by atoms with Crippen molar-refractivity contribution in [2.45, 2.75) is 26.9 Å². The van der Waals surface area contributed by atoms with E-state index in [0.29, 0.717) is 6.61 Å². The van der Waals surface area contributed by atoms with Crippen molar-refractivity contribution >= 4 is 40.4 Å². The molecular formula is C26H28IN3O2. The smallest absolute Gasteiger partial charge is 0.244 e. The van der Waals surface area contributed by atoms with Crippen LogP contribution in [-0.4, -0.2) is 25.2 Å². The zero-order valence-electron chi connectivity index (χ0n) is 18.4. The maximum absolute atomic E-state index is 12.2. The molecule has 0 bridgehead atoms. The Balaban J connectivity index is 1.72. The molecule has 0 aromatic heterocycles. The predicted molar refractivity (Wildman–Crippen MR) is 139 cm³/mol. The van der Waals surface area contributed by atoms with Crippen LogP contribution in [0.15, 0.2) is 77.9 Å². The molecule has 166 valence electrons. The van der Waals surface area contributed by atoms with Gasteiger partial charge in [0.05, 0.1) is 12.6 Å². The van der Waals surface area contributed by atoms with E-state index in [1.807, 2.05) is 42.5 Å². The number of halogens is 1. The molecule has 3 aromatic rings. The van der Waals surface area contributed by atoms with E-state index in [2.05, 4.69) is 82.2 Å². The van der Waals surface area contributed by atoms with Crippen molar-refractivity contribution in [3.05, 3.63) is 93.1 Å². The lowest BCUT2D eigenvalue weighted by Crippen LogP contribution is -2.22. The van der Waals surface area contributed by atoms with Gasteiger partial charge in [0.1, 0.15) is 12.4 Å². The van der Waals surface area contributed by atoms with Gasteiger partial charge in [-0.05, 0) is 71.8 Å². The summed E-state index contributed by atoms with van der Waals surface area (Å²) in [5.74, 6) is 0.572. The lowest BCUT2D eigenvalue weighted by Gasteiger charge is -2.22. The molecular weight excluding hydrogens is 513 g/mol. The molecule has 0 atom stereocenters. The normalized spacial score (nSPS) is 10.8. The molecule has 1 amide bonds. The summed E-state index contributed by atoms with van der Waals surface area (Å²) in [6.45, 7) is 6.55. The summed E-state index contributed by atoms with van der Waals surface area (Å²) in [6.07, 6.45) is 1.92. The van der Waals surface area contributed by atoms with Gasteiger partial charge in [-0.2, -0.15) is 5.10 Å². The van der Waals surface area contributed by atoms with Crippen molar-refractivity contribution in [2.24, 2.45) is 5.10 Å². The summed E-state index contributed by atoms with van der Waals surface area (Å²) in [7, 11) is 0. The van der Waals surface area contributed by atoms with Crippen LogP contribution < -0.4 is 15.1 Å².